The molecule has 19 heavy (non-hydrogen) atoms. The summed E-state index contributed by atoms with van der Waals surface area (Å²) >= 11 is 0. The van der Waals surface area contributed by atoms with Gasteiger partial charge >= 0.3 is 5.97 Å². The van der Waals surface area contributed by atoms with E-state index < -0.39 is 5.97 Å². The van der Waals surface area contributed by atoms with Crippen LogP contribution in [-0.4, -0.2) is 29.0 Å². The van der Waals surface area contributed by atoms with Crippen molar-refractivity contribution >= 4 is 17.6 Å². The van der Waals surface area contributed by atoms with Gasteiger partial charge in [0.05, 0.1) is 12.7 Å². The van der Waals surface area contributed by atoms with E-state index in [-0.39, 0.29) is 11.6 Å². The van der Waals surface area contributed by atoms with Crippen molar-refractivity contribution in [3.8, 4) is 0 Å². The van der Waals surface area contributed by atoms with Gasteiger partial charge in [0.15, 0.2) is 0 Å². The van der Waals surface area contributed by atoms with Gasteiger partial charge in [-0.3, -0.25) is 4.79 Å². The number of nitrogens with zero attached hydrogens (tertiary/aromatic N) is 2. The van der Waals surface area contributed by atoms with E-state index in [4.69, 9.17) is 0 Å². The maximum Gasteiger partial charge on any atom is 0.337 e. The summed E-state index contributed by atoms with van der Waals surface area (Å²) in [5.74, 6) is -0.762. The third-order valence-electron chi connectivity index (χ3n) is 2.38. The van der Waals surface area contributed by atoms with Crippen LogP contribution >= 0.6 is 0 Å². The normalized spacial score (nSPS) is 9.74. The van der Waals surface area contributed by atoms with E-state index in [1.807, 2.05) is 0 Å². The number of rotatable bonds is 3. The summed E-state index contributed by atoms with van der Waals surface area (Å²) < 4.78 is 4.58. The molecule has 2 rings (SSSR count). The second kappa shape index (κ2) is 5.72. The van der Waals surface area contributed by atoms with Crippen LogP contribution in [0.3, 0.4) is 0 Å². The standard InChI is InChI=1S/C13H11N3O3/c1-19-13(18)9-2-4-10(5-3-9)16-12(17)11-6-7-14-8-15-11/h2-8H,1H3,(H,16,17). The molecule has 0 unspecified atom stereocenters. The molecule has 0 bridgehead atoms. The Morgan fingerprint density at radius 2 is 1.89 bits per heavy atom. The molecule has 1 heterocycles. The van der Waals surface area contributed by atoms with E-state index in [0.29, 0.717) is 11.3 Å². The summed E-state index contributed by atoms with van der Waals surface area (Å²) in [6.45, 7) is 0. The van der Waals surface area contributed by atoms with Gasteiger partial charge in [-0.1, -0.05) is 0 Å². The Morgan fingerprint density at radius 3 is 2.47 bits per heavy atom. The molecule has 0 aliphatic carbocycles. The summed E-state index contributed by atoms with van der Waals surface area (Å²) in [6.07, 6.45) is 2.79. The molecule has 0 aliphatic heterocycles. The Labute approximate surface area is 109 Å². The van der Waals surface area contributed by atoms with Crippen molar-refractivity contribution in [3.63, 3.8) is 0 Å². The average Bonchev–Trinajstić information content (AvgIpc) is 2.48. The second-order valence-corrected chi connectivity index (χ2v) is 3.62. The molecule has 1 N–H and O–H groups in total. The van der Waals surface area contributed by atoms with E-state index in [0.717, 1.165) is 0 Å². The summed E-state index contributed by atoms with van der Waals surface area (Å²) in [5, 5.41) is 2.66. The Morgan fingerprint density at radius 1 is 1.16 bits per heavy atom. The van der Waals surface area contributed by atoms with Crippen LogP contribution in [0.5, 0.6) is 0 Å². The van der Waals surface area contributed by atoms with Crippen molar-refractivity contribution in [2.75, 3.05) is 12.4 Å². The Bertz CT molecular complexity index is 582. The van der Waals surface area contributed by atoms with Crippen molar-refractivity contribution in [2.45, 2.75) is 0 Å². The first-order valence-corrected chi connectivity index (χ1v) is 5.46. The molecule has 1 amide bonds. The van der Waals surface area contributed by atoms with E-state index in [2.05, 4.69) is 20.0 Å². The van der Waals surface area contributed by atoms with Crippen molar-refractivity contribution in [3.05, 3.63) is 54.1 Å². The molecule has 96 valence electrons. The topological polar surface area (TPSA) is 81.2 Å². The molecule has 0 atom stereocenters. The molecule has 0 saturated heterocycles. The molecular formula is C13H11N3O3. The smallest absolute Gasteiger partial charge is 0.337 e. The van der Waals surface area contributed by atoms with Crippen LogP contribution in [0.25, 0.3) is 0 Å². The van der Waals surface area contributed by atoms with E-state index in [1.165, 1.54) is 25.7 Å². The molecule has 6 heteroatoms. The van der Waals surface area contributed by atoms with E-state index in [1.54, 1.807) is 24.3 Å². The van der Waals surface area contributed by atoms with Crippen LogP contribution < -0.4 is 5.32 Å². The van der Waals surface area contributed by atoms with Crippen LogP contribution in [0.2, 0.25) is 0 Å². The van der Waals surface area contributed by atoms with Gasteiger partial charge in [0, 0.05) is 11.9 Å². The molecular weight excluding hydrogens is 246 g/mol. The highest BCUT2D eigenvalue weighted by Gasteiger charge is 2.08. The fourth-order valence-corrected chi connectivity index (χ4v) is 1.43. The van der Waals surface area contributed by atoms with Crippen LogP contribution in [-0.2, 0) is 4.74 Å². The SMILES string of the molecule is COC(=O)c1ccc(NC(=O)c2ccncn2)cc1. The third kappa shape index (κ3) is 3.12. The fraction of sp³-hybridized carbons (Fsp3) is 0.0769. The van der Waals surface area contributed by atoms with Crippen molar-refractivity contribution in [1.29, 1.82) is 0 Å². The van der Waals surface area contributed by atoms with Gasteiger partial charge in [-0.25, -0.2) is 14.8 Å². The summed E-state index contributed by atoms with van der Waals surface area (Å²) in [5.41, 5.74) is 1.26. The number of hydrogen-bond donors (Lipinski definition) is 1. The molecule has 6 nitrogen and oxygen atoms in total. The summed E-state index contributed by atoms with van der Waals surface area (Å²) in [7, 11) is 1.31. The number of carbonyl (C=O) groups is 2. The predicted octanol–water partition coefficient (Wildman–Crippen LogP) is 1.52. The molecule has 0 spiro atoms. The number of carbonyl (C=O) groups excluding carboxylic acids is 2. The first-order valence-electron chi connectivity index (χ1n) is 5.46. The average molecular weight is 257 g/mol. The minimum atomic E-state index is -0.423. The van der Waals surface area contributed by atoms with Gasteiger partial charge in [0.25, 0.3) is 5.91 Å². The first-order chi connectivity index (χ1) is 9.20. The largest absolute Gasteiger partial charge is 0.465 e. The molecule has 1 aromatic heterocycles. The zero-order valence-corrected chi connectivity index (χ0v) is 10.2. The highest BCUT2D eigenvalue weighted by molar-refractivity contribution is 6.03. The van der Waals surface area contributed by atoms with Gasteiger partial charge in [0.2, 0.25) is 0 Å². The van der Waals surface area contributed by atoms with Gasteiger partial charge < -0.3 is 10.1 Å². The lowest BCUT2D eigenvalue weighted by Gasteiger charge is -2.05. The van der Waals surface area contributed by atoms with Crippen LogP contribution in [0, 0.1) is 0 Å². The zero-order chi connectivity index (χ0) is 13.7. The van der Waals surface area contributed by atoms with Crippen molar-refractivity contribution < 1.29 is 14.3 Å². The Balaban J connectivity index is 2.08. The number of aromatic nitrogens is 2. The van der Waals surface area contributed by atoms with Crippen LogP contribution in [0.4, 0.5) is 5.69 Å². The van der Waals surface area contributed by atoms with Gasteiger partial charge in [-0.15, -0.1) is 0 Å². The van der Waals surface area contributed by atoms with Gasteiger partial charge in [-0.05, 0) is 30.3 Å². The summed E-state index contributed by atoms with van der Waals surface area (Å²) in [4.78, 5) is 30.6. The predicted molar refractivity (Wildman–Crippen MR) is 67.8 cm³/mol. The number of hydrogen-bond acceptors (Lipinski definition) is 5. The number of anilines is 1. The lowest BCUT2D eigenvalue weighted by atomic mass is 10.2. The maximum absolute atomic E-state index is 11.8. The Hall–Kier alpha value is -2.76. The third-order valence-corrected chi connectivity index (χ3v) is 2.38. The summed E-state index contributed by atoms with van der Waals surface area (Å²) in [6, 6.07) is 7.89. The molecule has 1 aromatic carbocycles. The number of methoxy groups -OCH3 is 1. The zero-order valence-electron chi connectivity index (χ0n) is 10.2. The van der Waals surface area contributed by atoms with Crippen molar-refractivity contribution in [1.82, 2.24) is 9.97 Å². The molecule has 0 aliphatic rings. The lowest BCUT2D eigenvalue weighted by Crippen LogP contribution is -2.13. The van der Waals surface area contributed by atoms with Crippen LogP contribution in [0.15, 0.2) is 42.9 Å². The minimum Gasteiger partial charge on any atom is -0.465 e. The first kappa shape index (κ1) is 12.7. The minimum absolute atomic E-state index is 0.270. The number of amides is 1. The number of esters is 1. The number of ether oxygens (including phenoxy) is 1. The van der Waals surface area contributed by atoms with Crippen molar-refractivity contribution in [2.24, 2.45) is 0 Å². The van der Waals surface area contributed by atoms with Gasteiger partial charge in [-0.2, -0.15) is 0 Å². The maximum atomic E-state index is 11.8. The number of nitrogens with one attached hydrogen (secondary N) is 1. The highest BCUT2D eigenvalue weighted by Crippen LogP contribution is 2.11. The number of benzene rings is 1. The van der Waals surface area contributed by atoms with Crippen LogP contribution in [0.1, 0.15) is 20.8 Å². The van der Waals surface area contributed by atoms with Gasteiger partial charge in [0.1, 0.15) is 12.0 Å². The molecule has 0 fully saturated rings. The molecule has 0 saturated carbocycles. The van der Waals surface area contributed by atoms with E-state index >= 15 is 0 Å². The quantitative estimate of drug-likeness (QED) is 0.843. The second-order valence-electron chi connectivity index (χ2n) is 3.62. The monoisotopic (exact) mass is 257 g/mol. The molecule has 0 radical (unpaired) electrons. The fourth-order valence-electron chi connectivity index (χ4n) is 1.43. The molecule has 2 aromatic rings. The van der Waals surface area contributed by atoms with E-state index in [9.17, 15) is 9.59 Å². The Kier molecular flexibility index (Phi) is 3.82. The lowest BCUT2D eigenvalue weighted by molar-refractivity contribution is 0.0600. The highest BCUT2D eigenvalue weighted by atomic mass is 16.5.